The summed E-state index contributed by atoms with van der Waals surface area (Å²) >= 11 is 0. The molecule has 0 bridgehead atoms. The van der Waals surface area contributed by atoms with E-state index in [2.05, 4.69) is 26.1 Å². The van der Waals surface area contributed by atoms with Gasteiger partial charge >= 0.3 is 0 Å². The van der Waals surface area contributed by atoms with E-state index in [0.717, 1.165) is 56.9 Å². The largest absolute Gasteiger partial charge is 0.504 e. The number of aliphatic hydroxyl groups excluding tert-OH is 3. The molecule has 11 atom stereocenters. The number of rotatable bonds is 7. The van der Waals surface area contributed by atoms with E-state index < -0.39 is 6.10 Å². The number of phenolic OH excluding ortho intramolecular Hbond substituents is 1. The predicted octanol–water partition coefficient (Wildman–Crippen LogP) is 4.39. The molecule has 5 rings (SSSR count). The van der Waals surface area contributed by atoms with Crippen LogP contribution in [0.15, 0.2) is 18.2 Å². The zero-order chi connectivity index (χ0) is 28.1. The summed E-state index contributed by atoms with van der Waals surface area (Å²) in [6.07, 6.45) is 6.30. The Kier molecular flexibility index (Phi) is 7.99. The van der Waals surface area contributed by atoms with Crippen LogP contribution in [0.4, 0.5) is 0 Å². The number of aromatic hydroxyl groups is 1. The van der Waals surface area contributed by atoms with Crippen molar-refractivity contribution in [3.8, 4) is 11.5 Å². The Labute approximate surface area is 233 Å². The van der Waals surface area contributed by atoms with Crippen molar-refractivity contribution in [3.63, 3.8) is 0 Å². The fraction of sp³-hybridized carbons (Fsp3) is 0.781. The summed E-state index contributed by atoms with van der Waals surface area (Å²) < 4.78 is 5.16. The molecule has 0 heterocycles. The first-order chi connectivity index (χ1) is 18.5. The summed E-state index contributed by atoms with van der Waals surface area (Å²) in [6.45, 7) is 7.23. The van der Waals surface area contributed by atoms with Gasteiger partial charge in [-0.15, -0.1) is 0 Å². The first-order valence-corrected chi connectivity index (χ1v) is 15.2. The van der Waals surface area contributed by atoms with Gasteiger partial charge in [0.25, 0.3) is 0 Å². The monoisotopic (exact) mass is 543 g/mol. The van der Waals surface area contributed by atoms with E-state index in [4.69, 9.17) is 4.74 Å². The average molecular weight is 544 g/mol. The minimum absolute atomic E-state index is 0.000922. The quantitative estimate of drug-likeness (QED) is 0.348. The van der Waals surface area contributed by atoms with Crippen molar-refractivity contribution in [3.05, 3.63) is 23.8 Å². The van der Waals surface area contributed by atoms with E-state index in [0.29, 0.717) is 42.4 Å². The van der Waals surface area contributed by atoms with Crippen molar-refractivity contribution in [1.29, 1.82) is 0 Å². The molecular formula is C32H49NO6. The Bertz CT molecular complexity index is 1050. The van der Waals surface area contributed by atoms with Crippen LogP contribution < -0.4 is 10.1 Å². The van der Waals surface area contributed by atoms with E-state index in [1.807, 2.05) is 0 Å². The van der Waals surface area contributed by atoms with Crippen LogP contribution in [-0.4, -0.2) is 51.8 Å². The SMILES string of the molecule is COc1cc(CNC(=O)CC[C@@H](C)[C@H]2CC[C@H]3[C@@H]4[C@H](O)C[C@@H]5C[C@H](O)CC[C@]5(C)[C@H]4C[C@H](O)[C@]23C)ccc1O. The lowest BCUT2D eigenvalue weighted by atomic mass is 9.43. The molecule has 4 aliphatic rings. The normalized spacial score (nSPS) is 42.1. The van der Waals surface area contributed by atoms with Gasteiger partial charge in [0.05, 0.1) is 25.4 Å². The van der Waals surface area contributed by atoms with Gasteiger partial charge in [-0.2, -0.15) is 0 Å². The van der Waals surface area contributed by atoms with Crippen LogP contribution >= 0.6 is 0 Å². The fourth-order valence-electron chi connectivity index (χ4n) is 9.81. The van der Waals surface area contributed by atoms with Crippen LogP contribution in [-0.2, 0) is 11.3 Å². The zero-order valence-electron chi connectivity index (χ0n) is 24.1. The Morgan fingerprint density at radius 2 is 1.87 bits per heavy atom. The first kappa shape index (κ1) is 28.7. The number of benzene rings is 1. The first-order valence-electron chi connectivity index (χ1n) is 15.2. The maximum atomic E-state index is 12.7. The van der Waals surface area contributed by atoms with Crippen LogP contribution in [0.1, 0.15) is 84.1 Å². The second-order valence-corrected chi connectivity index (χ2v) is 13.8. The Morgan fingerprint density at radius 1 is 1.10 bits per heavy atom. The van der Waals surface area contributed by atoms with Gasteiger partial charge in [-0.1, -0.05) is 26.8 Å². The minimum Gasteiger partial charge on any atom is -0.504 e. The molecule has 7 nitrogen and oxygen atoms in total. The van der Waals surface area contributed by atoms with Crippen LogP contribution in [0.2, 0.25) is 0 Å². The van der Waals surface area contributed by atoms with Crippen LogP contribution in [0.3, 0.4) is 0 Å². The third-order valence-electron chi connectivity index (χ3n) is 12.1. The number of nitrogens with one attached hydrogen (secondary N) is 1. The second-order valence-electron chi connectivity index (χ2n) is 13.8. The van der Waals surface area contributed by atoms with Gasteiger partial charge in [0.2, 0.25) is 5.91 Å². The lowest BCUT2D eigenvalue weighted by molar-refractivity contribution is -0.207. The molecule has 0 saturated heterocycles. The summed E-state index contributed by atoms with van der Waals surface area (Å²) in [7, 11) is 1.50. The summed E-state index contributed by atoms with van der Waals surface area (Å²) in [6, 6.07) is 5.07. The molecule has 4 saturated carbocycles. The molecule has 218 valence electrons. The number of aliphatic hydroxyl groups is 3. The summed E-state index contributed by atoms with van der Waals surface area (Å²) in [5, 5.41) is 46.3. The van der Waals surface area contributed by atoms with Gasteiger partial charge in [0, 0.05) is 13.0 Å². The van der Waals surface area contributed by atoms with Crippen molar-refractivity contribution in [2.24, 2.45) is 46.3 Å². The Balaban J connectivity index is 1.22. The van der Waals surface area contributed by atoms with Gasteiger partial charge in [-0.25, -0.2) is 0 Å². The smallest absolute Gasteiger partial charge is 0.220 e. The molecule has 1 aromatic rings. The van der Waals surface area contributed by atoms with Gasteiger partial charge < -0.3 is 30.5 Å². The highest BCUT2D eigenvalue weighted by Gasteiger charge is 2.65. The minimum atomic E-state index is -0.411. The second kappa shape index (κ2) is 10.9. The number of amides is 1. The highest BCUT2D eigenvalue weighted by molar-refractivity contribution is 5.75. The number of methoxy groups -OCH3 is 1. The predicted molar refractivity (Wildman–Crippen MR) is 149 cm³/mol. The highest BCUT2D eigenvalue weighted by atomic mass is 16.5. The van der Waals surface area contributed by atoms with Gasteiger partial charge in [-0.05, 0) is 115 Å². The van der Waals surface area contributed by atoms with Crippen molar-refractivity contribution in [1.82, 2.24) is 5.32 Å². The number of hydrogen-bond acceptors (Lipinski definition) is 6. The third kappa shape index (κ3) is 4.97. The standard InChI is InChI=1S/C32H49NO6/c1-18(5-10-29(38)33-17-19-6-9-25(35)27(13-19)39-4)22-7-8-23-30-24(16-28(37)32(22,23)3)31(2)12-11-21(34)14-20(31)15-26(30)36/h6,9,13,18,20-24,26,28,30,34-37H,5,7-8,10-12,14-17H2,1-4H3,(H,33,38)/t18-,20+,21-,22-,23+,24+,26-,28+,30+,31+,32-/m1/s1. The molecule has 7 heteroatoms. The van der Waals surface area contributed by atoms with Crippen molar-refractivity contribution in [2.45, 2.75) is 103 Å². The number of hydrogen-bond donors (Lipinski definition) is 5. The molecule has 1 aromatic carbocycles. The summed E-state index contributed by atoms with van der Waals surface area (Å²) in [4.78, 5) is 12.7. The molecule has 0 unspecified atom stereocenters. The lowest BCUT2D eigenvalue weighted by Crippen LogP contribution is -2.62. The average Bonchev–Trinajstić information content (AvgIpc) is 3.26. The number of fused-ring (bicyclic) bond motifs is 5. The molecule has 0 aromatic heterocycles. The number of carbonyl (C=O) groups is 1. The Morgan fingerprint density at radius 3 is 2.62 bits per heavy atom. The molecule has 39 heavy (non-hydrogen) atoms. The summed E-state index contributed by atoms with van der Waals surface area (Å²) in [5.74, 6) is 2.19. The number of phenols is 1. The zero-order valence-corrected chi connectivity index (χ0v) is 24.1. The third-order valence-corrected chi connectivity index (χ3v) is 12.1. The number of ether oxygens (including phenoxy) is 1. The van der Waals surface area contributed by atoms with E-state index in [9.17, 15) is 25.2 Å². The topological polar surface area (TPSA) is 119 Å². The molecule has 0 spiro atoms. The maximum absolute atomic E-state index is 12.7. The van der Waals surface area contributed by atoms with Crippen LogP contribution in [0, 0.1) is 46.3 Å². The molecule has 0 radical (unpaired) electrons. The molecular weight excluding hydrogens is 494 g/mol. The summed E-state index contributed by atoms with van der Waals surface area (Å²) in [5.41, 5.74) is 0.693. The Hall–Kier alpha value is -1.83. The van der Waals surface area contributed by atoms with Gasteiger partial charge in [0.15, 0.2) is 11.5 Å². The molecule has 4 fully saturated rings. The number of carbonyl (C=O) groups excluding carboxylic acids is 1. The van der Waals surface area contributed by atoms with E-state index in [1.165, 1.54) is 7.11 Å². The molecule has 5 N–H and O–H groups in total. The van der Waals surface area contributed by atoms with Crippen molar-refractivity contribution < 1.29 is 30.0 Å². The van der Waals surface area contributed by atoms with E-state index in [-0.39, 0.29) is 46.5 Å². The van der Waals surface area contributed by atoms with E-state index in [1.54, 1.807) is 18.2 Å². The van der Waals surface area contributed by atoms with Gasteiger partial charge in [-0.3, -0.25) is 4.79 Å². The van der Waals surface area contributed by atoms with Crippen LogP contribution in [0.5, 0.6) is 11.5 Å². The van der Waals surface area contributed by atoms with Crippen molar-refractivity contribution in [2.75, 3.05) is 7.11 Å². The molecule has 1 amide bonds. The maximum Gasteiger partial charge on any atom is 0.220 e. The lowest BCUT2D eigenvalue weighted by Gasteiger charge is -2.63. The van der Waals surface area contributed by atoms with Crippen molar-refractivity contribution >= 4 is 5.91 Å². The fourth-order valence-corrected chi connectivity index (χ4v) is 9.81. The van der Waals surface area contributed by atoms with Gasteiger partial charge in [0.1, 0.15) is 0 Å². The molecule has 0 aliphatic heterocycles. The van der Waals surface area contributed by atoms with E-state index >= 15 is 0 Å². The molecule has 4 aliphatic carbocycles. The highest BCUT2D eigenvalue weighted by Crippen LogP contribution is 2.68. The van der Waals surface area contributed by atoms with Crippen LogP contribution in [0.25, 0.3) is 0 Å².